The summed E-state index contributed by atoms with van der Waals surface area (Å²) < 4.78 is 0. The van der Waals surface area contributed by atoms with Crippen LogP contribution in [-0.2, 0) is 16.0 Å². The zero-order chi connectivity index (χ0) is 14.7. The molecule has 1 aromatic rings. The fraction of sp³-hybridized carbons (Fsp3) is 0.600. The lowest BCUT2D eigenvalue weighted by atomic mass is 10.1. The van der Waals surface area contributed by atoms with E-state index in [1.165, 1.54) is 0 Å². The van der Waals surface area contributed by atoms with Gasteiger partial charge in [0.2, 0.25) is 5.91 Å². The number of nitrogens with one attached hydrogen (secondary N) is 1. The molecule has 2 heterocycles. The average Bonchev–Trinajstić information content (AvgIpc) is 2.94. The molecule has 20 heavy (non-hydrogen) atoms. The number of aromatic amines is 1. The maximum Gasteiger partial charge on any atom is 0.227 e. The van der Waals surface area contributed by atoms with Crippen molar-refractivity contribution < 1.29 is 9.59 Å². The summed E-state index contributed by atoms with van der Waals surface area (Å²) >= 11 is 0. The third kappa shape index (κ3) is 3.46. The number of aromatic nitrogens is 2. The molecule has 2 rings (SSSR count). The van der Waals surface area contributed by atoms with Crippen LogP contribution >= 0.6 is 0 Å². The average molecular weight is 276 g/mol. The number of hydrogen-bond acceptors (Lipinski definition) is 3. The molecule has 1 fully saturated rings. The Morgan fingerprint density at radius 2 is 2.30 bits per heavy atom. The minimum atomic E-state index is 0.0122. The molecule has 0 spiro atoms. The first-order valence-electron chi connectivity index (χ1n) is 7.16. The van der Waals surface area contributed by atoms with Crippen molar-refractivity contribution in [1.82, 2.24) is 14.9 Å². The number of amides is 1. The van der Waals surface area contributed by atoms with E-state index in [9.17, 15) is 9.59 Å². The molecule has 1 unspecified atom stereocenters. The summed E-state index contributed by atoms with van der Waals surface area (Å²) in [6.07, 6.45) is 5.73. The van der Waals surface area contributed by atoms with Crippen LogP contribution in [0.15, 0.2) is 6.20 Å². The van der Waals surface area contributed by atoms with E-state index >= 15 is 0 Å². The first kappa shape index (κ1) is 14.8. The van der Waals surface area contributed by atoms with Gasteiger partial charge in [-0.15, -0.1) is 0 Å². The number of H-pyrrole nitrogens is 1. The molecule has 0 saturated carbocycles. The first-order chi connectivity index (χ1) is 9.47. The zero-order valence-corrected chi connectivity index (χ0v) is 12.3. The maximum atomic E-state index is 12.2. The molecular formula is C15H22N3O2. The van der Waals surface area contributed by atoms with Crippen molar-refractivity contribution in [3.63, 3.8) is 0 Å². The van der Waals surface area contributed by atoms with Crippen molar-refractivity contribution in [2.45, 2.75) is 46.1 Å². The van der Waals surface area contributed by atoms with Crippen LogP contribution in [-0.4, -0.2) is 33.1 Å². The summed E-state index contributed by atoms with van der Waals surface area (Å²) in [5.41, 5.74) is 0.819. The van der Waals surface area contributed by atoms with Crippen molar-refractivity contribution in [2.75, 3.05) is 6.54 Å². The molecule has 0 bridgehead atoms. The predicted molar refractivity (Wildman–Crippen MR) is 75.8 cm³/mol. The van der Waals surface area contributed by atoms with E-state index in [4.69, 9.17) is 0 Å². The molecule has 5 heteroatoms. The van der Waals surface area contributed by atoms with E-state index in [0.29, 0.717) is 6.42 Å². The van der Waals surface area contributed by atoms with Gasteiger partial charge in [-0.2, -0.15) is 0 Å². The van der Waals surface area contributed by atoms with Crippen molar-refractivity contribution in [1.29, 1.82) is 0 Å². The van der Waals surface area contributed by atoms with Gasteiger partial charge in [0, 0.05) is 24.9 Å². The highest BCUT2D eigenvalue weighted by Gasteiger charge is 2.32. The highest BCUT2D eigenvalue weighted by atomic mass is 16.2. The number of carbonyl (C=O) groups excluding carboxylic acids is 2. The fourth-order valence-electron chi connectivity index (χ4n) is 2.60. The molecule has 1 aliphatic heterocycles. The Morgan fingerprint density at radius 1 is 1.55 bits per heavy atom. The Kier molecular flexibility index (Phi) is 4.57. The van der Waals surface area contributed by atoms with Gasteiger partial charge in [-0.25, -0.2) is 4.98 Å². The normalized spacial score (nSPS) is 18.8. The molecule has 0 aliphatic carbocycles. The van der Waals surface area contributed by atoms with Gasteiger partial charge in [0.25, 0.3) is 0 Å². The van der Waals surface area contributed by atoms with Crippen molar-refractivity contribution in [2.24, 2.45) is 5.92 Å². The SMILES string of the molecule is CC(=O)Cc1cnc(C2CCCN2C(=O)[CH]C(C)C)[nH]1. The molecule has 0 aromatic carbocycles. The van der Waals surface area contributed by atoms with Gasteiger partial charge in [-0.3, -0.25) is 9.59 Å². The molecule has 1 atom stereocenters. The van der Waals surface area contributed by atoms with Crippen LogP contribution in [0, 0.1) is 12.3 Å². The fourth-order valence-corrected chi connectivity index (χ4v) is 2.60. The van der Waals surface area contributed by atoms with Crippen LogP contribution in [0.1, 0.15) is 51.2 Å². The third-order valence-corrected chi connectivity index (χ3v) is 3.41. The summed E-state index contributed by atoms with van der Waals surface area (Å²) in [5, 5.41) is 0. The van der Waals surface area contributed by atoms with Gasteiger partial charge in [-0.1, -0.05) is 13.8 Å². The summed E-state index contributed by atoms with van der Waals surface area (Å²) in [5.74, 6) is 1.22. The number of rotatable bonds is 5. The van der Waals surface area contributed by atoms with Crippen LogP contribution in [0.2, 0.25) is 0 Å². The molecule has 1 aromatic heterocycles. The quantitative estimate of drug-likeness (QED) is 0.895. The lowest BCUT2D eigenvalue weighted by molar-refractivity contribution is -0.129. The van der Waals surface area contributed by atoms with Gasteiger partial charge in [0.05, 0.1) is 12.5 Å². The van der Waals surface area contributed by atoms with E-state index in [2.05, 4.69) is 9.97 Å². The standard InChI is InChI=1S/C15H22N3O2/c1-10(2)7-14(20)18-6-4-5-13(18)15-16-9-12(17-15)8-11(3)19/h7,9-10,13H,4-6,8H2,1-3H3,(H,16,17). The Balaban J connectivity index is 2.08. The summed E-state index contributed by atoms with van der Waals surface area (Å²) in [6.45, 7) is 6.33. The van der Waals surface area contributed by atoms with Crippen LogP contribution in [0.25, 0.3) is 0 Å². The number of nitrogens with zero attached hydrogens (tertiary/aromatic N) is 2. The van der Waals surface area contributed by atoms with E-state index < -0.39 is 0 Å². The lowest BCUT2D eigenvalue weighted by Crippen LogP contribution is -2.32. The molecule has 1 saturated heterocycles. The summed E-state index contributed by atoms with van der Waals surface area (Å²) in [4.78, 5) is 32.7. The third-order valence-electron chi connectivity index (χ3n) is 3.41. The Bertz CT molecular complexity index is 493. The number of ketones is 1. The van der Waals surface area contributed by atoms with Gasteiger partial charge < -0.3 is 9.88 Å². The maximum absolute atomic E-state index is 12.2. The van der Waals surface area contributed by atoms with Crippen molar-refractivity contribution >= 4 is 11.7 Å². The lowest BCUT2D eigenvalue weighted by Gasteiger charge is -2.23. The molecule has 5 nitrogen and oxygen atoms in total. The monoisotopic (exact) mass is 276 g/mol. The highest BCUT2D eigenvalue weighted by Crippen LogP contribution is 2.31. The van der Waals surface area contributed by atoms with Gasteiger partial charge >= 0.3 is 0 Å². The van der Waals surface area contributed by atoms with Crippen LogP contribution in [0.5, 0.6) is 0 Å². The summed E-state index contributed by atoms with van der Waals surface area (Å²) in [6, 6.07) is 0.0122. The minimum absolute atomic E-state index is 0.0122. The van der Waals surface area contributed by atoms with E-state index in [1.54, 1.807) is 19.5 Å². The van der Waals surface area contributed by atoms with E-state index in [-0.39, 0.29) is 23.7 Å². The molecular weight excluding hydrogens is 254 g/mol. The predicted octanol–water partition coefficient (Wildman–Crippen LogP) is 2.06. The Morgan fingerprint density at radius 3 is 2.95 bits per heavy atom. The Labute approximate surface area is 119 Å². The van der Waals surface area contributed by atoms with Gasteiger partial charge in [0.15, 0.2) is 0 Å². The first-order valence-corrected chi connectivity index (χ1v) is 7.16. The Hall–Kier alpha value is -1.65. The highest BCUT2D eigenvalue weighted by molar-refractivity contribution is 5.85. The van der Waals surface area contributed by atoms with Crippen LogP contribution in [0.3, 0.4) is 0 Å². The molecule has 1 radical (unpaired) electrons. The second-order valence-corrected chi connectivity index (χ2v) is 5.77. The van der Waals surface area contributed by atoms with E-state index in [0.717, 1.165) is 30.9 Å². The number of imidazole rings is 1. The number of Topliss-reactive ketones (excluding diaryl/α,β-unsaturated/α-hetero) is 1. The topological polar surface area (TPSA) is 66.1 Å². The zero-order valence-electron chi connectivity index (χ0n) is 12.3. The molecule has 109 valence electrons. The number of carbonyl (C=O) groups is 2. The van der Waals surface area contributed by atoms with E-state index in [1.807, 2.05) is 18.7 Å². The largest absolute Gasteiger partial charge is 0.344 e. The second-order valence-electron chi connectivity index (χ2n) is 5.77. The van der Waals surface area contributed by atoms with Crippen LogP contribution < -0.4 is 0 Å². The molecule has 1 aliphatic rings. The second kappa shape index (κ2) is 6.20. The minimum Gasteiger partial charge on any atom is -0.344 e. The molecule has 1 amide bonds. The summed E-state index contributed by atoms with van der Waals surface area (Å²) in [7, 11) is 0. The smallest absolute Gasteiger partial charge is 0.227 e. The van der Waals surface area contributed by atoms with Gasteiger partial charge in [0.1, 0.15) is 11.6 Å². The van der Waals surface area contributed by atoms with Crippen molar-refractivity contribution in [3.05, 3.63) is 24.1 Å². The number of hydrogen-bond donors (Lipinski definition) is 1. The van der Waals surface area contributed by atoms with Crippen molar-refractivity contribution in [3.8, 4) is 0 Å². The van der Waals surface area contributed by atoms with Gasteiger partial charge in [-0.05, 0) is 25.7 Å². The number of likely N-dealkylation sites (tertiary alicyclic amines) is 1. The van der Waals surface area contributed by atoms with Crippen LogP contribution in [0.4, 0.5) is 0 Å². The molecule has 1 N–H and O–H groups in total.